The first kappa shape index (κ1) is 11.4. The number of aromatic nitrogens is 5. The van der Waals surface area contributed by atoms with E-state index in [-0.39, 0.29) is 0 Å². The number of nitrogens with zero attached hydrogens (tertiary/aromatic N) is 5. The average molecular weight is 229 g/mol. The largest absolute Gasteiger partial charge is 0.237 e. The highest BCUT2D eigenvalue weighted by Gasteiger charge is 2.11. The topological polar surface area (TPSA) is 56.5 Å². The molecule has 0 amide bonds. The summed E-state index contributed by atoms with van der Waals surface area (Å²) in [6.45, 7) is 9.92. The maximum atomic E-state index is 4.24. The minimum absolute atomic E-state index is 0.292. The van der Waals surface area contributed by atoms with Crippen LogP contribution in [0.5, 0.6) is 0 Å². The monoisotopic (exact) mass is 229 g/mol. The van der Waals surface area contributed by atoms with E-state index in [1.165, 1.54) is 12.7 Å². The molecule has 0 saturated carbocycles. The van der Waals surface area contributed by atoms with Crippen molar-refractivity contribution >= 4 is 5.57 Å². The van der Waals surface area contributed by atoms with Crippen molar-refractivity contribution in [2.75, 3.05) is 0 Å². The van der Waals surface area contributed by atoms with Crippen molar-refractivity contribution in [3.8, 4) is 5.82 Å². The SMILES string of the molecule is C=C(C)c1cc(-n2ncnc2C(C)C)ncn1. The predicted octanol–water partition coefficient (Wildman–Crippen LogP) is 2.21. The van der Waals surface area contributed by atoms with E-state index in [4.69, 9.17) is 0 Å². The average Bonchev–Trinajstić information content (AvgIpc) is 2.78. The van der Waals surface area contributed by atoms with E-state index in [9.17, 15) is 0 Å². The fourth-order valence-electron chi connectivity index (χ4n) is 1.52. The Kier molecular flexibility index (Phi) is 2.99. The summed E-state index contributed by atoms with van der Waals surface area (Å²) in [4.78, 5) is 12.6. The number of hydrogen-bond acceptors (Lipinski definition) is 4. The quantitative estimate of drug-likeness (QED) is 0.809. The molecular formula is C12H15N5. The molecule has 0 fully saturated rings. The van der Waals surface area contributed by atoms with Crippen molar-refractivity contribution in [1.29, 1.82) is 0 Å². The molecule has 0 aliphatic heterocycles. The Labute approximate surface area is 100 Å². The third kappa shape index (κ3) is 2.22. The van der Waals surface area contributed by atoms with Crippen molar-refractivity contribution in [3.05, 3.63) is 36.8 Å². The highest BCUT2D eigenvalue weighted by molar-refractivity contribution is 5.58. The molecule has 0 atom stereocenters. The minimum Gasteiger partial charge on any atom is -0.237 e. The molecule has 0 saturated heterocycles. The Balaban J connectivity index is 2.49. The smallest absolute Gasteiger partial charge is 0.159 e. The van der Waals surface area contributed by atoms with E-state index in [2.05, 4.69) is 40.5 Å². The van der Waals surface area contributed by atoms with Gasteiger partial charge in [-0.1, -0.05) is 20.4 Å². The molecule has 5 nitrogen and oxygen atoms in total. The highest BCUT2D eigenvalue weighted by atomic mass is 15.4. The summed E-state index contributed by atoms with van der Waals surface area (Å²) < 4.78 is 1.73. The van der Waals surface area contributed by atoms with Gasteiger partial charge in [0.1, 0.15) is 18.5 Å². The lowest BCUT2D eigenvalue weighted by Gasteiger charge is -2.08. The molecule has 0 aliphatic carbocycles. The van der Waals surface area contributed by atoms with Crippen LogP contribution in [0.2, 0.25) is 0 Å². The maximum Gasteiger partial charge on any atom is 0.159 e. The summed E-state index contributed by atoms with van der Waals surface area (Å²) in [5.74, 6) is 1.90. The number of rotatable bonds is 3. The van der Waals surface area contributed by atoms with E-state index in [1.54, 1.807) is 4.68 Å². The van der Waals surface area contributed by atoms with E-state index < -0.39 is 0 Å². The summed E-state index contributed by atoms with van der Waals surface area (Å²) in [5.41, 5.74) is 1.72. The first-order valence-electron chi connectivity index (χ1n) is 5.48. The molecule has 0 bridgehead atoms. The summed E-state index contributed by atoms with van der Waals surface area (Å²) in [6, 6.07) is 1.86. The lowest BCUT2D eigenvalue weighted by atomic mass is 10.2. The Morgan fingerprint density at radius 1 is 1.24 bits per heavy atom. The van der Waals surface area contributed by atoms with Gasteiger partial charge < -0.3 is 0 Å². The lowest BCUT2D eigenvalue weighted by molar-refractivity contribution is 0.700. The summed E-state index contributed by atoms with van der Waals surface area (Å²) in [6.07, 6.45) is 3.06. The molecule has 5 heteroatoms. The lowest BCUT2D eigenvalue weighted by Crippen LogP contribution is -2.07. The molecule has 17 heavy (non-hydrogen) atoms. The zero-order chi connectivity index (χ0) is 12.4. The fourth-order valence-corrected chi connectivity index (χ4v) is 1.52. The Bertz CT molecular complexity index is 541. The van der Waals surface area contributed by atoms with Gasteiger partial charge in [0.15, 0.2) is 5.82 Å². The van der Waals surface area contributed by atoms with Gasteiger partial charge in [0.05, 0.1) is 5.69 Å². The molecule has 0 N–H and O–H groups in total. The summed E-state index contributed by atoms with van der Waals surface area (Å²) >= 11 is 0. The molecule has 2 rings (SSSR count). The van der Waals surface area contributed by atoms with E-state index in [1.807, 2.05) is 13.0 Å². The highest BCUT2D eigenvalue weighted by Crippen LogP contribution is 2.16. The van der Waals surface area contributed by atoms with E-state index in [0.717, 1.165) is 22.9 Å². The van der Waals surface area contributed by atoms with Crippen LogP contribution in [-0.4, -0.2) is 24.7 Å². The Morgan fingerprint density at radius 3 is 2.65 bits per heavy atom. The van der Waals surface area contributed by atoms with Crippen LogP contribution >= 0.6 is 0 Å². The van der Waals surface area contributed by atoms with Crippen LogP contribution in [0.25, 0.3) is 11.4 Å². The predicted molar refractivity (Wildman–Crippen MR) is 65.7 cm³/mol. The molecule has 88 valence electrons. The second kappa shape index (κ2) is 4.45. The second-order valence-electron chi connectivity index (χ2n) is 4.23. The molecular weight excluding hydrogens is 214 g/mol. The van der Waals surface area contributed by atoms with Crippen LogP contribution in [0.4, 0.5) is 0 Å². The van der Waals surface area contributed by atoms with Crippen LogP contribution < -0.4 is 0 Å². The molecule has 0 aliphatic rings. The maximum absolute atomic E-state index is 4.24. The fraction of sp³-hybridized carbons (Fsp3) is 0.333. The summed E-state index contributed by atoms with van der Waals surface area (Å²) in [7, 11) is 0. The normalized spacial score (nSPS) is 10.8. The van der Waals surface area contributed by atoms with Crippen LogP contribution in [0.3, 0.4) is 0 Å². The van der Waals surface area contributed by atoms with Gasteiger partial charge in [-0.25, -0.2) is 15.0 Å². The summed E-state index contributed by atoms with van der Waals surface area (Å²) in [5, 5.41) is 4.19. The molecule has 2 aromatic heterocycles. The van der Waals surface area contributed by atoms with Crippen LogP contribution in [0.1, 0.15) is 38.2 Å². The first-order chi connectivity index (χ1) is 8.09. The van der Waals surface area contributed by atoms with Crippen molar-refractivity contribution in [1.82, 2.24) is 24.7 Å². The number of hydrogen-bond donors (Lipinski definition) is 0. The van der Waals surface area contributed by atoms with E-state index >= 15 is 0 Å². The van der Waals surface area contributed by atoms with Crippen molar-refractivity contribution in [3.63, 3.8) is 0 Å². The molecule has 0 radical (unpaired) electrons. The van der Waals surface area contributed by atoms with Crippen LogP contribution in [-0.2, 0) is 0 Å². The van der Waals surface area contributed by atoms with Crippen molar-refractivity contribution < 1.29 is 0 Å². The molecule has 2 heterocycles. The Hall–Kier alpha value is -2.04. The molecule has 0 aromatic carbocycles. The zero-order valence-corrected chi connectivity index (χ0v) is 10.3. The molecule has 0 unspecified atom stereocenters. The van der Waals surface area contributed by atoms with Crippen molar-refractivity contribution in [2.24, 2.45) is 0 Å². The van der Waals surface area contributed by atoms with Gasteiger partial charge in [-0.05, 0) is 12.5 Å². The third-order valence-corrected chi connectivity index (χ3v) is 2.40. The van der Waals surface area contributed by atoms with Gasteiger partial charge in [0.2, 0.25) is 0 Å². The van der Waals surface area contributed by atoms with E-state index in [0.29, 0.717) is 5.92 Å². The van der Waals surface area contributed by atoms with Gasteiger partial charge in [-0.2, -0.15) is 9.78 Å². The van der Waals surface area contributed by atoms with Crippen LogP contribution in [0, 0.1) is 0 Å². The standard InChI is InChI=1S/C12H15N5/c1-8(2)10-5-11(14-6-13-10)17-12(9(3)4)15-7-16-17/h5-7,9H,1H2,2-4H3. The zero-order valence-electron chi connectivity index (χ0n) is 10.3. The van der Waals surface area contributed by atoms with Gasteiger partial charge in [-0.15, -0.1) is 0 Å². The van der Waals surface area contributed by atoms with Crippen molar-refractivity contribution in [2.45, 2.75) is 26.7 Å². The minimum atomic E-state index is 0.292. The first-order valence-corrected chi connectivity index (χ1v) is 5.48. The van der Waals surface area contributed by atoms with Gasteiger partial charge in [0.25, 0.3) is 0 Å². The van der Waals surface area contributed by atoms with Crippen LogP contribution in [0.15, 0.2) is 25.3 Å². The van der Waals surface area contributed by atoms with Gasteiger partial charge in [-0.3, -0.25) is 0 Å². The van der Waals surface area contributed by atoms with Gasteiger partial charge >= 0.3 is 0 Å². The van der Waals surface area contributed by atoms with Gasteiger partial charge in [0, 0.05) is 12.0 Å². The number of allylic oxidation sites excluding steroid dienone is 1. The Morgan fingerprint density at radius 2 is 2.00 bits per heavy atom. The second-order valence-corrected chi connectivity index (χ2v) is 4.23. The third-order valence-electron chi connectivity index (χ3n) is 2.40. The molecule has 0 spiro atoms. The molecule has 2 aromatic rings.